The normalized spacial score (nSPS) is 15.2. The molecule has 2 N–H and O–H groups in total. The summed E-state index contributed by atoms with van der Waals surface area (Å²) < 4.78 is 32.6. The highest BCUT2D eigenvalue weighted by atomic mass is 19.3. The van der Waals surface area contributed by atoms with Gasteiger partial charge in [-0.25, -0.2) is 13.6 Å². The molecule has 0 atom stereocenters. The molecule has 0 unspecified atom stereocenters. The van der Waals surface area contributed by atoms with Crippen LogP contribution in [0.4, 0.5) is 8.78 Å². The standard InChI is InChI=1S/C30H26F2N2O3/c1-37-27-17-20(6-8-24(27)19-34-15-12-30(31,32)13-16-34)5-7-22-3-2-4-25(29(35)36)28(22)23-10-9-21-11-14-33-26(21)18-23/h2-4,6,8-11,14,17-18,33H,12-13,15-16,19H2,1H3,(H,35,36). The fourth-order valence-electron chi connectivity index (χ4n) is 4.72. The third-order valence-corrected chi connectivity index (χ3v) is 6.75. The molecule has 0 aliphatic carbocycles. The Kier molecular flexibility index (Phi) is 6.68. The summed E-state index contributed by atoms with van der Waals surface area (Å²) in [6, 6.07) is 18.4. The fraction of sp³-hybridized carbons (Fsp3) is 0.233. The van der Waals surface area contributed by atoms with Crippen molar-refractivity contribution in [2.75, 3.05) is 20.2 Å². The Morgan fingerprint density at radius 1 is 1.08 bits per heavy atom. The number of hydrogen-bond acceptors (Lipinski definition) is 3. The molecule has 0 saturated carbocycles. The number of carboxylic acids is 1. The first-order valence-corrected chi connectivity index (χ1v) is 12.1. The van der Waals surface area contributed by atoms with E-state index in [1.807, 2.05) is 59.6 Å². The van der Waals surface area contributed by atoms with Gasteiger partial charge >= 0.3 is 5.97 Å². The number of rotatable bonds is 5. The monoisotopic (exact) mass is 500 g/mol. The second kappa shape index (κ2) is 10.1. The zero-order chi connectivity index (χ0) is 26.0. The van der Waals surface area contributed by atoms with Crippen LogP contribution in [0.1, 0.15) is 39.9 Å². The van der Waals surface area contributed by atoms with Gasteiger partial charge in [0.2, 0.25) is 0 Å². The smallest absolute Gasteiger partial charge is 0.336 e. The van der Waals surface area contributed by atoms with Crippen LogP contribution < -0.4 is 4.74 Å². The Morgan fingerprint density at radius 3 is 2.65 bits per heavy atom. The number of fused-ring (bicyclic) bond motifs is 1. The van der Waals surface area contributed by atoms with E-state index in [9.17, 15) is 18.7 Å². The maximum atomic E-state index is 13.5. The minimum Gasteiger partial charge on any atom is -0.496 e. The molecule has 1 saturated heterocycles. The number of aromatic amines is 1. The van der Waals surface area contributed by atoms with E-state index in [0.29, 0.717) is 42.1 Å². The first-order valence-electron chi connectivity index (χ1n) is 12.1. The molecule has 5 rings (SSSR count). The average molecular weight is 501 g/mol. The molecule has 1 aliphatic heterocycles. The largest absolute Gasteiger partial charge is 0.496 e. The third-order valence-electron chi connectivity index (χ3n) is 6.75. The predicted octanol–water partition coefficient (Wildman–Crippen LogP) is 6.17. The van der Waals surface area contributed by atoms with Crippen LogP contribution in [0.5, 0.6) is 5.75 Å². The van der Waals surface area contributed by atoms with Crippen molar-refractivity contribution in [2.24, 2.45) is 0 Å². The number of nitrogens with one attached hydrogen (secondary N) is 1. The number of hydrogen-bond donors (Lipinski definition) is 2. The highest BCUT2D eigenvalue weighted by Crippen LogP contribution is 2.32. The topological polar surface area (TPSA) is 65.6 Å². The number of alkyl halides is 2. The molecule has 37 heavy (non-hydrogen) atoms. The van der Waals surface area contributed by atoms with Crippen LogP contribution in [0.25, 0.3) is 22.0 Å². The van der Waals surface area contributed by atoms with E-state index in [1.54, 1.807) is 19.2 Å². The van der Waals surface area contributed by atoms with E-state index in [1.165, 1.54) is 0 Å². The number of likely N-dealkylation sites (tertiary alicyclic amines) is 1. The minimum absolute atomic E-state index is 0.132. The number of H-pyrrole nitrogens is 1. The fourth-order valence-corrected chi connectivity index (χ4v) is 4.72. The van der Waals surface area contributed by atoms with Crippen molar-refractivity contribution in [1.29, 1.82) is 0 Å². The van der Waals surface area contributed by atoms with Crippen LogP contribution in [0.15, 0.2) is 66.9 Å². The molecule has 3 aromatic carbocycles. The van der Waals surface area contributed by atoms with E-state index < -0.39 is 11.9 Å². The van der Waals surface area contributed by atoms with E-state index >= 15 is 0 Å². The van der Waals surface area contributed by atoms with Crippen molar-refractivity contribution in [3.8, 4) is 28.7 Å². The van der Waals surface area contributed by atoms with Gasteiger partial charge in [0.25, 0.3) is 5.92 Å². The van der Waals surface area contributed by atoms with Crippen molar-refractivity contribution >= 4 is 16.9 Å². The number of aromatic carboxylic acids is 1. The number of carbonyl (C=O) groups is 1. The Hall–Kier alpha value is -4.15. The van der Waals surface area contributed by atoms with Crippen molar-refractivity contribution in [3.63, 3.8) is 0 Å². The van der Waals surface area contributed by atoms with Crippen LogP contribution in [0.2, 0.25) is 0 Å². The number of carboxylic acid groups (broad SMARTS) is 1. The summed E-state index contributed by atoms with van der Waals surface area (Å²) >= 11 is 0. The summed E-state index contributed by atoms with van der Waals surface area (Å²) in [4.78, 5) is 17.2. The summed E-state index contributed by atoms with van der Waals surface area (Å²) in [6.07, 6.45) is 1.58. The molecule has 0 radical (unpaired) electrons. The quantitative estimate of drug-likeness (QED) is 0.322. The molecule has 188 valence electrons. The summed E-state index contributed by atoms with van der Waals surface area (Å²) in [5.41, 5.74) is 4.63. The van der Waals surface area contributed by atoms with Gasteiger partial charge in [-0.3, -0.25) is 4.90 Å². The Bertz CT molecular complexity index is 1520. The molecule has 0 bridgehead atoms. The number of benzene rings is 3. The number of aromatic nitrogens is 1. The van der Waals surface area contributed by atoms with Crippen molar-refractivity contribution in [2.45, 2.75) is 25.3 Å². The second-order valence-electron chi connectivity index (χ2n) is 9.22. The molecule has 0 spiro atoms. The van der Waals surface area contributed by atoms with Crippen LogP contribution in [-0.2, 0) is 6.54 Å². The Labute approximate surface area is 213 Å². The van der Waals surface area contributed by atoms with Gasteiger partial charge in [0.05, 0.1) is 12.7 Å². The molecule has 1 aromatic heterocycles. The zero-order valence-electron chi connectivity index (χ0n) is 20.4. The molecular weight excluding hydrogens is 474 g/mol. The molecule has 0 amide bonds. The average Bonchev–Trinajstić information content (AvgIpc) is 3.37. The predicted molar refractivity (Wildman–Crippen MR) is 139 cm³/mol. The molecule has 1 aliphatic rings. The number of methoxy groups -OCH3 is 1. The van der Waals surface area contributed by atoms with Gasteiger partial charge in [0.1, 0.15) is 5.75 Å². The SMILES string of the molecule is COc1cc(C#Cc2cccc(C(=O)O)c2-c2ccc3cc[nH]c3c2)ccc1CN1CCC(F)(F)CC1. The van der Waals surface area contributed by atoms with Gasteiger partial charge in [-0.05, 0) is 47.3 Å². The summed E-state index contributed by atoms with van der Waals surface area (Å²) in [5.74, 6) is 3.33. The lowest BCUT2D eigenvalue weighted by Crippen LogP contribution is -2.38. The first kappa shape index (κ1) is 24.5. The van der Waals surface area contributed by atoms with E-state index in [4.69, 9.17) is 4.74 Å². The number of nitrogens with zero attached hydrogens (tertiary/aromatic N) is 1. The second-order valence-corrected chi connectivity index (χ2v) is 9.22. The maximum Gasteiger partial charge on any atom is 0.336 e. The van der Waals surface area contributed by atoms with E-state index in [2.05, 4.69) is 16.8 Å². The Balaban J connectivity index is 1.46. The zero-order valence-corrected chi connectivity index (χ0v) is 20.4. The van der Waals surface area contributed by atoms with Gasteiger partial charge < -0.3 is 14.8 Å². The summed E-state index contributed by atoms with van der Waals surface area (Å²) in [6.45, 7) is 1.21. The van der Waals surface area contributed by atoms with Crippen molar-refractivity contribution in [3.05, 3.63) is 89.1 Å². The van der Waals surface area contributed by atoms with Crippen LogP contribution in [0.3, 0.4) is 0 Å². The molecule has 1 fully saturated rings. The van der Waals surface area contributed by atoms with E-state index in [0.717, 1.165) is 22.0 Å². The number of halogens is 2. The highest BCUT2D eigenvalue weighted by Gasteiger charge is 2.34. The van der Waals surface area contributed by atoms with Crippen molar-refractivity contribution < 1.29 is 23.4 Å². The highest BCUT2D eigenvalue weighted by molar-refractivity contribution is 5.99. The molecule has 5 nitrogen and oxygen atoms in total. The van der Waals surface area contributed by atoms with Crippen molar-refractivity contribution in [1.82, 2.24) is 9.88 Å². The summed E-state index contributed by atoms with van der Waals surface area (Å²) in [7, 11) is 1.57. The molecular formula is C30H26F2N2O3. The molecule has 7 heteroatoms. The minimum atomic E-state index is -2.58. The van der Waals surface area contributed by atoms with Gasteiger partial charge in [-0.2, -0.15) is 0 Å². The maximum absolute atomic E-state index is 13.5. The Morgan fingerprint density at radius 2 is 1.89 bits per heavy atom. The first-order chi connectivity index (χ1) is 17.8. The number of ether oxygens (including phenoxy) is 1. The third kappa shape index (κ3) is 5.35. The van der Waals surface area contributed by atoms with Crippen LogP contribution >= 0.6 is 0 Å². The van der Waals surface area contributed by atoms with Gasteiger partial charge in [-0.1, -0.05) is 36.1 Å². The van der Waals surface area contributed by atoms with Crippen LogP contribution in [0, 0.1) is 11.8 Å². The lowest BCUT2D eigenvalue weighted by molar-refractivity contribution is -0.0567. The lowest BCUT2D eigenvalue weighted by atomic mass is 9.93. The summed E-state index contributed by atoms with van der Waals surface area (Å²) in [5, 5.41) is 10.9. The van der Waals surface area contributed by atoms with Gasteiger partial charge in [0, 0.05) is 66.4 Å². The van der Waals surface area contributed by atoms with Gasteiger partial charge in [0.15, 0.2) is 0 Å². The molecule has 4 aromatic rings. The molecule has 2 heterocycles. The van der Waals surface area contributed by atoms with E-state index in [-0.39, 0.29) is 18.4 Å². The number of piperidine rings is 1. The van der Waals surface area contributed by atoms with Crippen LogP contribution in [-0.4, -0.2) is 47.1 Å². The lowest BCUT2D eigenvalue weighted by Gasteiger charge is -2.31. The van der Waals surface area contributed by atoms with Gasteiger partial charge in [-0.15, -0.1) is 0 Å².